The SMILES string of the molecule is CCC/C=C/C1CCC(C2CCC(OCc3ccc(F)c(F)c3)CC2)CC1. The Hall–Kier alpha value is -1.22. The van der Waals surface area contributed by atoms with Gasteiger partial charge in [0.2, 0.25) is 0 Å². The summed E-state index contributed by atoms with van der Waals surface area (Å²) in [4.78, 5) is 0. The molecule has 0 spiro atoms. The normalized spacial score (nSPS) is 29.3. The highest BCUT2D eigenvalue weighted by Gasteiger charge is 2.30. The van der Waals surface area contributed by atoms with Gasteiger partial charge in [0, 0.05) is 0 Å². The van der Waals surface area contributed by atoms with Crippen LogP contribution < -0.4 is 0 Å². The van der Waals surface area contributed by atoms with Gasteiger partial charge in [0.1, 0.15) is 0 Å². The molecule has 0 heterocycles. The fourth-order valence-corrected chi connectivity index (χ4v) is 4.83. The van der Waals surface area contributed by atoms with Gasteiger partial charge in [-0.1, -0.05) is 31.6 Å². The van der Waals surface area contributed by atoms with Crippen LogP contribution in [0.1, 0.15) is 76.7 Å². The van der Waals surface area contributed by atoms with Crippen molar-refractivity contribution in [3.05, 3.63) is 47.5 Å². The molecule has 0 aliphatic heterocycles. The van der Waals surface area contributed by atoms with Gasteiger partial charge in [-0.3, -0.25) is 0 Å². The Kier molecular flexibility index (Phi) is 7.87. The molecule has 2 aliphatic carbocycles. The zero-order valence-corrected chi connectivity index (χ0v) is 16.6. The maximum Gasteiger partial charge on any atom is 0.159 e. The third-order valence-electron chi connectivity index (χ3n) is 6.54. The number of hydrogen-bond acceptors (Lipinski definition) is 1. The lowest BCUT2D eigenvalue weighted by molar-refractivity contribution is -0.00238. The van der Waals surface area contributed by atoms with Crippen molar-refractivity contribution in [3.63, 3.8) is 0 Å². The summed E-state index contributed by atoms with van der Waals surface area (Å²) in [6, 6.07) is 4.03. The zero-order valence-electron chi connectivity index (χ0n) is 16.6. The van der Waals surface area contributed by atoms with Gasteiger partial charge in [0.25, 0.3) is 0 Å². The van der Waals surface area contributed by atoms with E-state index in [2.05, 4.69) is 19.1 Å². The van der Waals surface area contributed by atoms with E-state index in [0.717, 1.165) is 30.6 Å². The summed E-state index contributed by atoms with van der Waals surface area (Å²) in [6.07, 6.45) is 17.8. The molecule has 0 aromatic heterocycles. The van der Waals surface area contributed by atoms with Crippen molar-refractivity contribution < 1.29 is 13.5 Å². The third-order valence-corrected chi connectivity index (χ3v) is 6.54. The highest BCUT2D eigenvalue weighted by Crippen LogP contribution is 2.41. The molecule has 0 bridgehead atoms. The van der Waals surface area contributed by atoms with Crippen molar-refractivity contribution in [2.24, 2.45) is 17.8 Å². The van der Waals surface area contributed by atoms with E-state index < -0.39 is 11.6 Å². The first-order valence-electron chi connectivity index (χ1n) is 10.9. The van der Waals surface area contributed by atoms with Crippen molar-refractivity contribution in [3.8, 4) is 0 Å². The smallest absolute Gasteiger partial charge is 0.159 e. The number of ether oxygens (including phenoxy) is 1. The summed E-state index contributed by atoms with van der Waals surface area (Å²) >= 11 is 0. The second-order valence-electron chi connectivity index (χ2n) is 8.49. The number of benzene rings is 1. The lowest BCUT2D eigenvalue weighted by atomic mass is 9.70. The van der Waals surface area contributed by atoms with Crippen LogP contribution in [0.3, 0.4) is 0 Å². The topological polar surface area (TPSA) is 9.23 Å². The molecule has 3 heteroatoms. The first kappa shape index (κ1) is 20.5. The van der Waals surface area contributed by atoms with E-state index >= 15 is 0 Å². The van der Waals surface area contributed by atoms with Crippen LogP contribution in [-0.2, 0) is 11.3 Å². The van der Waals surface area contributed by atoms with E-state index in [9.17, 15) is 8.78 Å². The predicted molar refractivity (Wildman–Crippen MR) is 106 cm³/mol. The van der Waals surface area contributed by atoms with E-state index in [-0.39, 0.29) is 6.10 Å². The van der Waals surface area contributed by atoms with Gasteiger partial charge in [-0.2, -0.15) is 0 Å². The number of halogens is 2. The van der Waals surface area contributed by atoms with Crippen LogP contribution in [0.5, 0.6) is 0 Å². The van der Waals surface area contributed by atoms with Crippen LogP contribution in [0.2, 0.25) is 0 Å². The Morgan fingerprint density at radius 1 is 0.926 bits per heavy atom. The number of rotatable bonds is 7. The molecule has 150 valence electrons. The standard InChI is InChI=1S/C24H34F2O/c1-2-3-4-5-18-6-9-20(10-7-18)21-11-13-22(14-12-21)27-17-19-8-15-23(25)24(26)16-19/h4-5,8,15-16,18,20-22H,2-3,6-7,9-14,17H2,1H3/b5-4+. The maximum atomic E-state index is 13.3. The quantitative estimate of drug-likeness (QED) is 0.457. The van der Waals surface area contributed by atoms with Crippen molar-refractivity contribution in [1.82, 2.24) is 0 Å². The van der Waals surface area contributed by atoms with Crippen LogP contribution in [0.4, 0.5) is 8.78 Å². The molecule has 1 nitrogen and oxygen atoms in total. The first-order chi connectivity index (χ1) is 13.2. The molecular weight excluding hydrogens is 342 g/mol. The predicted octanol–water partition coefficient (Wildman–Crippen LogP) is 7.20. The Bertz CT molecular complexity index is 596. The van der Waals surface area contributed by atoms with Gasteiger partial charge in [0.05, 0.1) is 12.7 Å². The van der Waals surface area contributed by atoms with Crippen LogP contribution in [0, 0.1) is 29.4 Å². The van der Waals surface area contributed by atoms with Gasteiger partial charge in [-0.05, 0) is 93.2 Å². The third kappa shape index (κ3) is 6.14. The van der Waals surface area contributed by atoms with Crippen molar-refractivity contribution in [2.45, 2.75) is 83.8 Å². The fourth-order valence-electron chi connectivity index (χ4n) is 4.83. The molecule has 1 aromatic carbocycles. The minimum Gasteiger partial charge on any atom is -0.374 e. The molecule has 0 atom stereocenters. The summed E-state index contributed by atoms with van der Waals surface area (Å²) < 4.78 is 32.3. The van der Waals surface area contributed by atoms with Crippen molar-refractivity contribution in [2.75, 3.05) is 0 Å². The second kappa shape index (κ2) is 10.4. The van der Waals surface area contributed by atoms with E-state index in [0.29, 0.717) is 12.2 Å². The highest BCUT2D eigenvalue weighted by molar-refractivity contribution is 5.16. The van der Waals surface area contributed by atoms with Gasteiger partial charge >= 0.3 is 0 Å². The minimum absolute atomic E-state index is 0.266. The average Bonchev–Trinajstić information content (AvgIpc) is 2.70. The van der Waals surface area contributed by atoms with Crippen LogP contribution >= 0.6 is 0 Å². The van der Waals surface area contributed by atoms with Gasteiger partial charge in [0.15, 0.2) is 11.6 Å². The first-order valence-corrected chi connectivity index (χ1v) is 10.9. The molecule has 0 amide bonds. The van der Waals surface area contributed by atoms with Crippen molar-refractivity contribution >= 4 is 0 Å². The van der Waals surface area contributed by atoms with Gasteiger partial charge in [-0.25, -0.2) is 8.78 Å². The minimum atomic E-state index is -0.796. The summed E-state index contributed by atoms with van der Waals surface area (Å²) in [5, 5.41) is 0. The molecule has 27 heavy (non-hydrogen) atoms. The number of allylic oxidation sites excluding steroid dienone is 2. The summed E-state index contributed by atoms with van der Waals surface area (Å²) in [5.74, 6) is 0.972. The van der Waals surface area contributed by atoms with E-state index in [4.69, 9.17) is 4.74 Å². The van der Waals surface area contributed by atoms with E-state index in [1.54, 1.807) is 6.07 Å². The lowest BCUT2D eigenvalue weighted by Crippen LogP contribution is -2.28. The average molecular weight is 377 g/mol. The monoisotopic (exact) mass is 376 g/mol. The molecule has 0 radical (unpaired) electrons. The Balaban J connectivity index is 1.36. The zero-order chi connectivity index (χ0) is 19.1. The molecule has 0 saturated heterocycles. The van der Waals surface area contributed by atoms with Crippen LogP contribution in [-0.4, -0.2) is 6.10 Å². The Labute approximate surface area is 163 Å². The van der Waals surface area contributed by atoms with Crippen molar-refractivity contribution in [1.29, 1.82) is 0 Å². The summed E-state index contributed by atoms with van der Waals surface area (Å²) in [6.45, 7) is 2.61. The molecule has 2 saturated carbocycles. The second-order valence-corrected chi connectivity index (χ2v) is 8.49. The van der Waals surface area contributed by atoms with Crippen LogP contribution in [0.15, 0.2) is 30.4 Å². The molecular formula is C24H34F2O. The Morgan fingerprint density at radius 3 is 2.22 bits per heavy atom. The van der Waals surface area contributed by atoms with E-state index in [1.165, 1.54) is 63.5 Å². The molecule has 0 unspecified atom stereocenters. The molecule has 0 N–H and O–H groups in total. The molecule has 1 aromatic rings. The fraction of sp³-hybridized carbons (Fsp3) is 0.667. The Morgan fingerprint density at radius 2 is 1.59 bits per heavy atom. The highest BCUT2D eigenvalue weighted by atomic mass is 19.2. The van der Waals surface area contributed by atoms with Gasteiger partial charge in [-0.15, -0.1) is 0 Å². The largest absolute Gasteiger partial charge is 0.374 e. The number of hydrogen-bond donors (Lipinski definition) is 0. The van der Waals surface area contributed by atoms with Crippen LogP contribution in [0.25, 0.3) is 0 Å². The summed E-state index contributed by atoms with van der Waals surface area (Å²) in [5.41, 5.74) is 0.713. The lowest BCUT2D eigenvalue weighted by Gasteiger charge is -2.37. The summed E-state index contributed by atoms with van der Waals surface area (Å²) in [7, 11) is 0. The molecule has 2 fully saturated rings. The molecule has 2 aliphatic rings. The molecule has 3 rings (SSSR count). The van der Waals surface area contributed by atoms with Gasteiger partial charge < -0.3 is 4.74 Å². The maximum absolute atomic E-state index is 13.3. The van der Waals surface area contributed by atoms with E-state index in [1.807, 2.05) is 0 Å². The number of unbranched alkanes of at least 4 members (excludes halogenated alkanes) is 1.